The number of ether oxygens (including phenoxy) is 1. The van der Waals surface area contributed by atoms with Gasteiger partial charge in [0, 0.05) is 11.0 Å². The second-order valence-electron chi connectivity index (χ2n) is 6.61. The van der Waals surface area contributed by atoms with Crippen molar-refractivity contribution in [2.24, 2.45) is 5.41 Å². The molecule has 3 aromatic rings. The zero-order valence-electron chi connectivity index (χ0n) is 14.8. The van der Waals surface area contributed by atoms with Crippen LogP contribution < -0.4 is 10.3 Å². The number of benzene rings is 1. The fourth-order valence-corrected chi connectivity index (χ4v) is 4.06. The smallest absolute Gasteiger partial charge is 0.302 e. The quantitative estimate of drug-likeness (QED) is 0.619. The van der Waals surface area contributed by atoms with Gasteiger partial charge in [0.15, 0.2) is 10.0 Å². The van der Waals surface area contributed by atoms with Gasteiger partial charge in [-0.15, -0.1) is 15.3 Å². The molecule has 3 rings (SSSR count). The maximum absolute atomic E-state index is 12.7. The zero-order valence-corrected chi connectivity index (χ0v) is 16.5. The van der Waals surface area contributed by atoms with Crippen molar-refractivity contribution in [1.82, 2.24) is 19.8 Å². The molecular weight excluding hydrogens is 372 g/mol. The number of hydrogen-bond acceptors (Lipinski definition) is 8. The van der Waals surface area contributed by atoms with E-state index in [1.165, 1.54) is 27.6 Å². The van der Waals surface area contributed by atoms with Gasteiger partial charge in [0.05, 0.1) is 12.9 Å². The fraction of sp³-hybridized carbons (Fsp3) is 0.353. The molecule has 0 fully saturated rings. The fourth-order valence-electron chi connectivity index (χ4n) is 2.03. The number of ketones is 1. The van der Waals surface area contributed by atoms with Crippen LogP contribution in [0, 0.1) is 5.41 Å². The first-order valence-electron chi connectivity index (χ1n) is 7.86. The Morgan fingerprint density at radius 1 is 1.23 bits per heavy atom. The molecule has 0 radical (unpaired) electrons. The zero-order chi connectivity index (χ0) is 18.9. The monoisotopic (exact) mass is 390 g/mol. The van der Waals surface area contributed by atoms with Gasteiger partial charge in [0.2, 0.25) is 4.96 Å². The normalized spacial score (nSPS) is 11.7. The van der Waals surface area contributed by atoms with E-state index in [9.17, 15) is 9.59 Å². The molecule has 136 valence electrons. The highest BCUT2D eigenvalue weighted by atomic mass is 32.2. The second-order valence-corrected chi connectivity index (χ2v) is 8.78. The summed E-state index contributed by atoms with van der Waals surface area (Å²) in [5, 5.41) is 12.4. The van der Waals surface area contributed by atoms with Crippen LogP contribution >= 0.6 is 23.1 Å². The average Bonchev–Trinajstić information content (AvgIpc) is 3.03. The van der Waals surface area contributed by atoms with Gasteiger partial charge in [-0.2, -0.15) is 4.52 Å². The maximum Gasteiger partial charge on any atom is 0.302 e. The summed E-state index contributed by atoms with van der Waals surface area (Å²) in [7, 11) is 1.58. The van der Waals surface area contributed by atoms with Crippen molar-refractivity contribution in [2.45, 2.75) is 25.1 Å². The van der Waals surface area contributed by atoms with Crippen molar-refractivity contribution in [3.63, 3.8) is 0 Å². The molecule has 2 aromatic heterocycles. The molecule has 0 aliphatic carbocycles. The van der Waals surface area contributed by atoms with Crippen LogP contribution in [0.3, 0.4) is 0 Å². The van der Waals surface area contributed by atoms with Gasteiger partial charge in [-0.05, 0) is 24.3 Å². The Kier molecular flexibility index (Phi) is 5.10. The van der Waals surface area contributed by atoms with Gasteiger partial charge in [-0.25, -0.2) is 0 Å². The molecule has 0 amide bonds. The Balaban J connectivity index is 1.89. The molecule has 1 aromatic carbocycles. The van der Waals surface area contributed by atoms with E-state index in [0.717, 1.165) is 0 Å². The van der Waals surface area contributed by atoms with Gasteiger partial charge in [0.25, 0.3) is 0 Å². The van der Waals surface area contributed by atoms with Gasteiger partial charge in [0.1, 0.15) is 11.5 Å². The lowest BCUT2D eigenvalue weighted by Gasteiger charge is -2.15. The third-order valence-electron chi connectivity index (χ3n) is 3.70. The van der Waals surface area contributed by atoms with Crippen LogP contribution in [0.25, 0.3) is 16.2 Å². The molecule has 0 atom stereocenters. The molecule has 0 saturated heterocycles. The average molecular weight is 390 g/mol. The van der Waals surface area contributed by atoms with Crippen molar-refractivity contribution in [2.75, 3.05) is 12.9 Å². The van der Waals surface area contributed by atoms with E-state index in [2.05, 4.69) is 15.3 Å². The summed E-state index contributed by atoms with van der Waals surface area (Å²) >= 11 is 2.55. The molecule has 0 aliphatic rings. The number of thioether (sulfide) groups is 1. The summed E-state index contributed by atoms with van der Waals surface area (Å²) in [4.78, 5) is 25.2. The molecule has 26 heavy (non-hydrogen) atoms. The van der Waals surface area contributed by atoms with Gasteiger partial charge < -0.3 is 4.74 Å². The minimum Gasteiger partial charge on any atom is -0.497 e. The summed E-state index contributed by atoms with van der Waals surface area (Å²) in [6.45, 7) is 5.64. The molecule has 7 nitrogen and oxygen atoms in total. The lowest BCUT2D eigenvalue weighted by atomic mass is 9.92. The second kappa shape index (κ2) is 7.16. The summed E-state index contributed by atoms with van der Waals surface area (Å²) in [5.41, 5.74) is 0.119. The molecule has 0 aliphatic heterocycles. The minimum absolute atomic E-state index is 0.124. The van der Waals surface area contributed by atoms with E-state index in [1.54, 1.807) is 31.4 Å². The van der Waals surface area contributed by atoms with E-state index in [1.807, 2.05) is 20.8 Å². The van der Waals surface area contributed by atoms with E-state index >= 15 is 0 Å². The largest absolute Gasteiger partial charge is 0.497 e. The van der Waals surface area contributed by atoms with E-state index < -0.39 is 5.41 Å². The van der Waals surface area contributed by atoms with Crippen molar-refractivity contribution < 1.29 is 9.53 Å². The summed E-state index contributed by atoms with van der Waals surface area (Å²) in [5.74, 6) is 1.12. The lowest BCUT2D eigenvalue weighted by Crippen LogP contribution is -2.22. The molecule has 0 saturated carbocycles. The highest BCUT2D eigenvalue weighted by Gasteiger charge is 2.22. The van der Waals surface area contributed by atoms with Crippen LogP contribution in [0.2, 0.25) is 0 Å². The Labute approximate surface area is 158 Å². The molecule has 9 heteroatoms. The number of aromatic nitrogens is 4. The van der Waals surface area contributed by atoms with Crippen LogP contribution in [0.1, 0.15) is 20.8 Å². The molecule has 2 heterocycles. The van der Waals surface area contributed by atoms with E-state index in [0.29, 0.717) is 26.4 Å². The predicted octanol–water partition coefficient (Wildman–Crippen LogP) is 2.93. The number of nitrogens with zero attached hydrogens (tertiary/aromatic N) is 4. The Bertz CT molecular complexity index is 1000. The summed E-state index contributed by atoms with van der Waals surface area (Å²) in [6, 6.07) is 7.01. The first-order valence-corrected chi connectivity index (χ1v) is 9.67. The van der Waals surface area contributed by atoms with Crippen LogP contribution in [0.5, 0.6) is 5.75 Å². The Morgan fingerprint density at radius 3 is 2.54 bits per heavy atom. The molecule has 0 spiro atoms. The third-order valence-corrected chi connectivity index (χ3v) is 5.73. The van der Waals surface area contributed by atoms with Crippen molar-refractivity contribution >= 4 is 33.8 Å². The third kappa shape index (κ3) is 3.78. The number of carbonyl (C=O) groups excluding carboxylic acids is 1. The van der Waals surface area contributed by atoms with Crippen LogP contribution in [0.4, 0.5) is 0 Å². The van der Waals surface area contributed by atoms with E-state index in [-0.39, 0.29) is 17.0 Å². The number of hydrogen-bond donors (Lipinski definition) is 0. The Morgan fingerprint density at radius 2 is 1.92 bits per heavy atom. The molecular formula is C17H18N4O3S2. The summed E-state index contributed by atoms with van der Waals surface area (Å²) < 4.78 is 6.97. The number of methoxy groups -OCH3 is 1. The van der Waals surface area contributed by atoms with Gasteiger partial charge in [-0.1, -0.05) is 43.9 Å². The van der Waals surface area contributed by atoms with Crippen molar-refractivity contribution in [3.8, 4) is 17.0 Å². The maximum atomic E-state index is 12.7. The topological polar surface area (TPSA) is 86.4 Å². The first kappa shape index (κ1) is 18.5. The molecule has 0 N–H and O–H groups in total. The standard InChI is InChI=1S/C17H18N4O3S2/c1-17(2,3)12(22)9-25-16-20-21-14(23)13(18-19-15(21)26-16)10-5-7-11(24-4)8-6-10/h5-8H,9H2,1-4H3. The number of Topliss-reactive ketones (excluding diaryl/α,β-unsaturated/α-hetero) is 1. The molecule has 0 bridgehead atoms. The SMILES string of the molecule is COc1ccc(-c2nnc3sc(SCC(=O)C(C)(C)C)nn3c2=O)cc1. The van der Waals surface area contributed by atoms with Crippen molar-refractivity contribution in [1.29, 1.82) is 0 Å². The lowest BCUT2D eigenvalue weighted by molar-refractivity contribution is -0.123. The first-order chi connectivity index (χ1) is 12.3. The minimum atomic E-state index is -0.401. The van der Waals surface area contributed by atoms with Crippen LogP contribution in [-0.4, -0.2) is 38.5 Å². The predicted molar refractivity (Wildman–Crippen MR) is 102 cm³/mol. The van der Waals surface area contributed by atoms with Gasteiger partial charge >= 0.3 is 5.56 Å². The Hall–Kier alpha value is -2.26. The van der Waals surface area contributed by atoms with E-state index in [4.69, 9.17) is 4.74 Å². The van der Waals surface area contributed by atoms with Crippen LogP contribution in [0.15, 0.2) is 33.4 Å². The summed E-state index contributed by atoms with van der Waals surface area (Å²) in [6.07, 6.45) is 0. The van der Waals surface area contributed by atoms with Crippen molar-refractivity contribution in [3.05, 3.63) is 34.6 Å². The highest BCUT2D eigenvalue weighted by Crippen LogP contribution is 2.26. The number of carbonyl (C=O) groups is 1. The number of fused-ring (bicyclic) bond motifs is 1. The van der Waals surface area contributed by atoms with Gasteiger partial charge in [-0.3, -0.25) is 9.59 Å². The molecule has 0 unspecified atom stereocenters. The van der Waals surface area contributed by atoms with Crippen LogP contribution in [-0.2, 0) is 4.79 Å². The highest BCUT2D eigenvalue weighted by molar-refractivity contribution is 8.01. The number of rotatable bonds is 5.